The number of carbonyl (C=O) groups is 2. The predicted molar refractivity (Wildman–Crippen MR) is 172 cm³/mol. The molecule has 5 atom stereocenters. The second-order valence-corrected chi connectivity index (χ2v) is 13.7. The van der Waals surface area contributed by atoms with Crippen molar-refractivity contribution >= 4 is 17.3 Å². The number of phenolic OH excluding ortho intramolecular Hbond substituents is 2. The first kappa shape index (κ1) is 29.8. The highest BCUT2D eigenvalue weighted by molar-refractivity contribution is 6.18. The number of aromatic hydroxyl groups is 2. The zero-order chi connectivity index (χ0) is 31.7. The zero-order valence-electron chi connectivity index (χ0n) is 26.5. The van der Waals surface area contributed by atoms with Gasteiger partial charge in [0.2, 0.25) is 0 Å². The van der Waals surface area contributed by atoms with Crippen LogP contribution in [0.25, 0.3) is 0 Å². The van der Waals surface area contributed by atoms with Gasteiger partial charge < -0.3 is 24.6 Å². The number of hydrogen-bond acceptors (Lipinski definition) is 8. The molecule has 3 fully saturated rings. The normalized spacial score (nSPS) is 29.9. The average molecular weight is 611 g/mol. The molecule has 8 nitrogen and oxygen atoms in total. The number of phenols is 2. The minimum atomic E-state index is -1.36. The molecule has 2 N–H and O–H groups in total. The van der Waals surface area contributed by atoms with Gasteiger partial charge >= 0.3 is 0 Å². The number of ether oxygens (including phenoxy) is 2. The topological polar surface area (TPSA) is 99.5 Å². The maximum absolute atomic E-state index is 14.6. The van der Waals surface area contributed by atoms with Crippen LogP contribution in [0.1, 0.15) is 50.0 Å². The summed E-state index contributed by atoms with van der Waals surface area (Å²) in [4.78, 5) is 33.8. The number of para-hydroxylation sites is 1. The molecule has 8 rings (SSSR count). The Morgan fingerprint density at radius 2 is 1.71 bits per heavy atom. The van der Waals surface area contributed by atoms with Crippen LogP contribution in [0.3, 0.4) is 0 Å². The van der Waals surface area contributed by atoms with Gasteiger partial charge in [-0.05, 0) is 52.2 Å². The van der Waals surface area contributed by atoms with E-state index in [0.717, 1.165) is 37.3 Å². The summed E-state index contributed by atoms with van der Waals surface area (Å²) in [5, 5.41) is 22.3. The molecule has 45 heavy (non-hydrogen) atoms. The third-order valence-electron chi connectivity index (χ3n) is 10.6. The molecule has 1 saturated carbocycles. The number of nitrogens with zero attached hydrogens (tertiary/aromatic N) is 2. The number of ketones is 2. The Hall–Kier alpha value is -3.88. The number of benzene rings is 2. The molecule has 2 saturated heterocycles. The number of fused-ring (bicyclic) bond motifs is 1. The van der Waals surface area contributed by atoms with Gasteiger partial charge in [0.25, 0.3) is 0 Å². The molecule has 3 heterocycles. The molecular weight excluding hydrogens is 568 g/mol. The zero-order valence-corrected chi connectivity index (χ0v) is 26.5. The molecule has 0 amide bonds. The van der Waals surface area contributed by atoms with Gasteiger partial charge in [0.15, 0.2) is 22.8 Å². The van der Waals surface area contributed by atoms with Gasteiger partial charge in [0.05, 0.1) is 6.61 Å². The molecule has 236 valence electrons. The number of allylic oxidation sites excluding steroid dienone is 4. The van der Waals surface area contributed by atoms with Crippen molar-refractivity contribution in [1.29, 1.82) is 0 Å². The highest BCUT2D eigenvalue weighted by Crippen LogP contribution is 2.65. The summed E-state index contributed by atoms with van der Waals surface area (Å²) in [6.45, 7) is 12.3. The summed E-state index contributed by atoms with van der Waals surface area (Å²) in [5.74, 6) is -1.54. The molecule has 2 aromatic carbocycles. The van der Waals surface area contributed by atoms with Crippen molar-refractivity contribution in [1.82, 2.24) is 4.90 Å². The summed E-state index contributed by atoms with van der Waals surface area (Å²) in [6.07, 6.45) is 6.28. The van der Waals surface area contributed by atoms with E-state index in [-0.39, 0.29) is 58.2 Å². The van der Waals surface area contributed by atoms with Gasteiger partial charge in [-0.1, -0.05) is 47.6 Å². The fraction of sp³-hybridized carbons (Fsp3) is 0.459. The van der Waals surface area contributed by atoms with Crippen LogP contribution in [0.5, 0.6) is 17.2 Å². The largest absolute Gasteiger partial charge is 0.507 e. The number of rotatable bonds is 7. The molecule has 6 aliphatic rings. The molecular formula is C37H42N2O6. The van der Waals surface area contributed by atoms with Gasteiger partial charge in [-0.2, -0.15) is 0 Å². The second-order valence-electron chi connectivity index (χ2n) is 13.7. The average Bonchev–Trinajstić information content (AvgIpc) is 3.30. The fourth-order valence-electron chi connectivity index (χ4n) is 8.34. The number of Topliss-reactive ketones (excluding diaryl/α,β-unsaturated/α-hetero) is 2. The number of anilines is 1. The van der Waals surface area contributed by atoms with Crippen LogP contribution < -0.4 is 9.64 Å². The second kappa shape index (κ2) is 10.9. The van der Waals surface area contributed by atoms with E-state index in [4.69, 9.17) is 9.47 Å². The summed E-state index contributed by atoms with van der Waals surface area (Å²) < 4.78 is 13.4. The molecule has 2 aromatic rings. The fourth-order valence-corrected chi connectivity index (χ4v) is 8.34. The van der Waals surface area contributed by atoms with Crippen LogP contribution in [0.15, 0.2) is 71.3 Å². The summed E-state index contributed by atoms with van der Waals surface area (Å²) >= 11 is 0. The van der Waals surface area contributed by atoms with Crippen LogP contribution in [0, 0.1) is 17.8 Å². The van der Waals surface area contributed by atoms with Crippen molar-refractivity contribution in [3.05, 3.63) is 82.5 Å². The SMILES string of the molecule is CC(C)=CCc1c(O)cc2c(c1O)C(=O)C1=C[C@H]3C(=O)[C@]4(CC=C(C)C)OC[C@H]([C@H]3CN3CCN(c5ccccc5)CC3)[C@]14O2. The molecule has 0 aromatic heterocycles. The first-order valence-corrected chi connectivity index (χ1v) is 16.1. The Morgan fingerprint density at radius 3 is 2.40 bits per heavy atom. The van der Waals surface area contributed by atoms with Crippen LogP contribution in [-0.4, -0.2) is 77.2 Å². The first-order chi connectivity index (χ1) is 21.6. The Morgan fingerprint density at radius 1 is 1.00 bits per heavy atom. The highest BCUT2D eigenvalue weighted by atomic mass is 16.6. The molecule has 0 radical (unpaired) electrons. The summed E-state index contributed by atoms with van der Waals surface area (Å²) in [5.41, 5.74) is 1.33. The lowest BCUT2D eigenvalue weighted by Crippen LogP contribution is -2.74. The number of hydrogen-bond donors (Lipinski definition) is 2. The van der Waals surface area contributed by atoms with Gasteiger partial charge in [-0.15, -0.1) is 0 Å². The molecule has 8 heteroatoms. The maximum atomic E-state index is 14.6. The van der Waals surface area contributed by atoms with Crippen LogP contribution in [-0.2, 0) is 16.0 Å². The molecule has 4 bridgehead atoms. The Kier molecular flexibility index (Phi) is 7.21. The van der Waals surface area contributed by atoms with E-state index in [1.165, 1.54) is 11.8 Å². The quantitative estimate of drug-likeness (QED) is 0.411. The van der Waals surface area contributed by atoms with Crippen molar-refractivity contribution in [2.75, 3.05) is 44.2 Å². The van der Waals surface area contributed by atoms with E-state index in [1.54, 1.807) is 0 Å². The Labute approximate surface area is 264 Å². The maximum Gasteiger partial charge on any atom is 0.200 e. The van der Waals surface area contributed by atoms with Gasteiger partial charge in [-0.3, -0.25) is 14.5 Å². The van der Waals surface area contributed by atoms with E-state index < -0.39 is 17.1 Å². The minimum Gasteiger partial charge on any atom is -0.507 e. The highest BCUT2D eigenvalue weighted by Gasteiger charge is 2.79. The van der Waals surface area contributed by atoms with Crippen molar-refractivity contribution in [2.45, 2.75) is 51.7 Å². The molecule has 3 aliphatic carbocycles. The van der Waals surface area contributed by atoms with E-state index in [2.05, 4.69) is 34.1 Å². The number of piperazine rings is 1. The van der Waals surface area contributed by atoms with Crippen molar-refractivity contribution in [2.24, 2.45) is 17.8 Å². The molecule has 0 unspecified atom stereocenters. The van der Waals surface area contributed by atoms with Crippen LogP contribution in [0.2, 0.25) is 0 Å². The van der Waals surface area contributed by atoms with Gasteiger partial charge in [-0.25, -0.2) is 0 Å². The summed E-state index contributed by atoms with van der Waals surface area (Å²) in [6, 6.07) is 11.9. The molecule has 3 aliphatic heterocycles. The lowest BCUT2D eigenvalue weighted by atomic mass is 9.49. The Balaban J connectivity index is 1.26. The third-order valence-corrected chi connectivity index (χ3v) is 10.6. The first-order valence-electron chi connectivity index (χ1n) is 16.1. The molecule has 1 spiro atoms. The predicted octanol–water partition coefficient (Wildman–Crippen LogP) is 5.24. The van der Waals surface area contributed by atoms with E-state index in [9.17, 15) is 19.8 Å². The van der Waals surface area contributed by atoms with Crippen molar-refractivity contribution in [3.63, 3.8) is 0 Å². The monoisotopic (exact) mass is 610 g/mol. The van der Waals surface area contributed by atoms with Gasteiger partial charge in [0.1, 0.15) is 22.8 Å². The summed E-state index contributed by atoms with van der Waals surface area (Å²) in [7, 11) is 0. The van der Waals surface area contributed by atoms with Crippen LogP contribution >= 0.6 is 0 Å². The smallest absolute Gasteiger partial charge is 0.200 e. The number of carbonyl (C=O) groups excluding carboxylic acids is 2. The minimum absolute atomic E-state index is 0.0460. The standard InChI is InChI=1S/C37H42N2O6/c1-22(2)10-11-25-30(40)19-31-32(33(25)41)34(42)28-18-26-27(20-38-14-16-39(17-15-38)24-8-6-5-7-9-24)29-21-44-36(35(26)43,13-12-23(3)4)37(28,29)45-31/h5-10,12,18-19,26-27,29,40-41H,11,13-17,20-21H2,1-4H3/t26-,27+,29-,36+,37-/m1/s1. The lowest BCUT2D eigenvalue weighted by Gasteiger charge is -2.59. The lowest BCUT2D eigenvalue weighted by molar-refractivity contribution is -0.171. The van der Waals surface area contributed by atoms with Crippen molar-refractivity contribution in [3.8, 4) is 17.2 Å². The van der Waals surface area contributed by atoms with Gasteiger partial charge in [0, 0.05) is 73.9 Å². The van der Waals surface area contributed by atoms with Crippen molar-refractivity contribution < 1.29 is 29.3 Å². The Bertz CT molecular complexity index is 1640. The van der Waals surface area contributed by atoms with E-state index in [0.29, 0.717) is 25.1 Å². The van der Waals surface area contributed by atoms with E-state index in [1.807, 2.05) is 52.0 Å². The van der Waals surface area contributed by atoms with Crippen LogP contribution in [0.4, 0.5) is 5.69 Å². The third kappa shape index (κ3) is 4.40. The van der Waals surface area contributed by atoms with E-state index >= 15 is 0 Å².